The number of hydrogen-bond donors (Lipinski definition) is 3. The Bertz CT molecular complexity index is 567. The molecule has 0 spiro atoms. The molecule has 1 unspecified atom stereocenters. The third kappa shape index (κ3) is 4.92. The molecule has 1 amide bonds. The van der Waals surface area contributed by atoms with Gasteiger partial charge in [0.1, 0.15) is 6.10 Å². The molecule has 0 saturated heterocycles. The number of ether oxygens (including phenoxy) is 1. The molecule has 23 heavy (non-hydrogen) atoms. The highest BCUT2D eigenvalue weighted by molar-refractivity contribution is 5.94. The summed E-state index contributed by atoms with van der Waals surface area (Å²) in [5.41, 5.74) is -1.70. The summed E-state index contributed by atoms with van der Waals surface area (Å²) >= 11 is 0. The van der Waals surface area contributed by atoms with Crippen molar-refractivity contribution in [1.82, 2.24) is 10.3 Å². The Hall–Kier alpha value is -2.15. The number of nitrogens with zero attached hydrogens (tertiary/aromatic N) is 1. The van der Waals surface area contributed by atoms with Crippen LogP contribution in [-0.2, 0) is 4.79 Å². The van der Waals surface area contributed by atoms with Gasteiger partial charge in [-0.1, -0.05) is 6.42 Å². The Morgan fingerprint density at radius 2 is 2.09 bits per heavy atom. The standard InChI is InChI=1S/C16H22N2O5/c1-16(22,15(20)21)10-18-14(19)11-7-8-17-13(9-11)23-12-5-3-2-4-6-12/h7-9,12,22H,2-6,10H2,1H3,(H,18,19)(H,20,21). The van der Waals surface area contributed by atoms with Crippen molar-refractivity contribution in [3.63, 3.8) is 0 Å². The van der Waals surface area contributed by atoms with Crippen molar-refractivity contribution in [3.8, 4) is 5.88 Å². The van der Waals surface area contributed by atoms with E-state index in [-0.39, 0.29) is 12.6 Å². The summed E-state index contributed by atoms with van der Waals surface area (Å²) in [6.07, 6.45) is 7.06. The SMILES string of the molecule is CC(O)(CNC(=O)c1ccnc(OC2CCCCC2)c1)C(=O)O. The molecule has 1 heterocycles. The van der Waals surface area contributed by atoms with Crippen molar-refractivity contribution in [2.24, 2.45) is 0 Å². The van der Waals surface area contributed by atoms with Gasteiger partial charge >= 0.3 is 5.97 Å². The minimum absolute atomic E-state index is 0.127. The predicted octanol–water partition coefficient (Wildman–Crippen LogP) is 1.36. The smallest absolute Gasteiger partial charge is 0.337 e. The molecule has 1 atom stereocenters. The van der Waals surface area contributed by atoms with Crippen LogP contribution < -0.4 is 10.1 Å². The van der Waals surface area contributed by atoms with E-state index in [4.69, 9.17) is 9.84 Å². The quantitative estimate of drug-likeness (QED) is 0.729. The second-order valence-electron chi connectivity index (χ2n) is 6.02. The van der Waals surface area contributed by atoms with Crippen molar-refractivity contribution in [1.29, 1.82) is 0 Å². The highest BCUT2D eigenvalue weighted by atomic mass is 16.5. The molecule has 0 bridgehead atoms. The lowest BCUT2D eigenvalue weighted by Gasteiger charge is -2.22. The molecule has 7 nitrogen and oxygen atoms in total. The number of nitrogens with one attached hydrogen (secondary N) is 1. The van der Waals surface area contributed by atoms with E-state index in [1.54, 1.807) is 0 Å². The largest absolute Gasteiger partial charge is 0.479 e. The number of aromatic nitrogens is 1. The van der Waals surface area contributed by atoms with Crippen LogP contribution in [0.3, 0.4) is 0 Å². The van der Waals surface area contributed by atoms with Gasteiger partial charge in [0.15, 0.2) is 5.60 Å². The second-order valence-corrected chi connectivity index (χ2v) is 6.02. The molecule has 2 rings (SSSR count). The van der Waals surface area contributed by atoms with E-state index in [0.717, 1.165) is 32.6 Å². The van der Waals surface area contributed by atoms with Crippen LogP contribution in [0, 0.1) is 0 Å². The van der Waals surface area contributed by atoms with Crippen molar-refractivity contribution < 1.29 is 24.5 Å². The van der Waals surface area contributed by atoms with Gasteiger partial charge in [0.2, 0.25) is 5.88 Å². The zero-order chi connectivity index (χ0) is 16.9. The molecule has 1 aromatic heterocycles. The van der Waals surface area contributed by atoms with Crippen LogP contribution in [0.1, 0.15) is 49.4 Å². The number of carbonyl (C=O) groups excluding carboxylic acids is 1. The van der Waals surface area contributed by atoms with E-state index in [0.29, 0.717) is 11.4 Å². The third-order valence-electron chi connectivity index (χ3n) is 3.89. The number of aliphatic hydroxyl groups is 1. The Morgan fingerprint density at radius 1 is 1.39 bits per heavy atom. The topological polar surface area (TPSA) is 109 Å². The summed E-state index contributed by atoms with van der Waals surface area (Å²) in [5.74, 6) is -1.49. The molecule has 0 aliphatic heterocycles. The Kier molecular flexibility index (Phi) is 5.54. The molecule has 7 heteroatoms. The third-order valence-corrected chi connectivity index (χ3v) is 3.89. The van der Waals surface area contributed by atoms with Crippen LogP contribution >= 0.6 is 0 Å². The van der Waals surface area contributed by atoms with Gasteiger partial charge in [-0.25, -0.2) is 9.78 Å². The Balaban J connectivity index is 1.95. The zero-order valence-corrected chi connectivity index (χ0v) is 13.1. The molecule has 1 aliphatic rings. The average Bonchev–Trinajstić information content (AvgIpc) is 2.54. The minimum Gasteiger partial charge on any atom is -0.479 e. The van der Waals surface area contributed by atoms with E-state index in [1.165, 1.54) is 24.8 Å². The van der Waals surface area contributed by atoms with Gasteiger partial charge < -0.3 is 20.3 Å². The molecule has 1 aliphatic carbocycles. The number of aliphatic carboxylic acids is 1. The first-order chi connectivity index (χ1) is 10.9. The first-order valence-electron chi connectivity index (χ1n) is 7.75. The van der Waals surface area contributed by atoms with Gasteiger partial charge in [-0.15, -0.1) is 0 Å². The molecular formula is C16H22N2O5. The number of hydrogen-bond acceptors (Lipinski definition) is 5. The molecule has 1 saturated carbocycles. The fourth-order valence-corrected chi connectivity index (χ4v) is 2.40. The lowest BCUT2D eigenvalue weighted by atomic mass is 9.98. The molecule has 1 fully saturated rings. The summed E-state index contributed by atoms with van der Waals surface area (Å²) < 4.78 is 5.80. The van der Waals surface area contributed by atoms with Gasteiger partial charge in [-0.2, -0.15) is 0 Å². The van der Waals surface area contributed by atoms with Crippen molar-refractivity contribution in [2.75, 3.05) is 6.54 Å². The average molecular weight is 322 g/mol. The van der Waals surface area contributed by atoms with E-state index in [9.17, 15) is 14.7 Å². The highest BCUT2D eigenvalue weighted by Gasteiger charge is 2.30. The molecule has 0 radical (unpaired) electrons. The number of carboxylic acid groups (broad SMARTS) is 1. The van der Waals surface area contributed by atoms with E-state index in [2.05, 4.69) is 10.3 Å². The predicted molar refractivity (Wildman–Crippen MR) is 82.3 cm³/mol. The van der Waals surface area contributed by atoms with E-state index in [1.807, 2.05) is 0 Å². The van der Waals surface area contributed by atoms with Gasteiger partial charge in [0, 0.05) is 17.8 Å². The molecular weight excluding hydrogens is 300 g/mol. The lowest BCUT2D eigenvalue weighted by molar-refractivity contribution is -0.155. The molecule has 0 aromatic carbocycles. The number of carbonyl (C=O) groups is 2. The summed E-state index contributed by atoms with van der Waals surface area (Å²) in [7, 11) is 0. The van der Waals surface area contributed by atoms with Gasteiger partial charge in [0.25, 0.3) is 5.91 Å². The first kappa shape index (κ1) is 17.2. The van der Waals surface area contributed by atoms with Crippen molar-refractivity contribution in [2.45, 2.75) is 50.7 Å². The molecule has 126 valence electrons. The summed E-state index contributed by atoms with van der Waals surface area (Å²) in [6, 6.07) is 3.04. The van der Waals surface area contributed by atoms with Crippen LogP contribution in [-0.4, -0.2) is 45.3 Å². The van der Waals surface area contributed by atoms with Crippen LogP contribution in [0.2, 0.25) is 0 Å². The van der Waals surface area contributed by atoms with Crippen LogP contribution in [0.25, 0.3) is 0 Å². The van der Waals surface area contributed by atoms with Crippen LogP contribution in [0.15, 0.2) is 18.3 Å². The van der Waals surface area contributed by atoms with Crippen LogP contribution in [0.4, 0.5) is 0 Å². The van der Waals surface area contributed by atoms with Gasteiger partial charge in [0.05, 0.1) is 6.54 Å². The van der Waals surface area contributed by atoms with Crippen molar-refractivity contribution in [3.05, 3.63) is 23.9 Å². The van der Waals surface area contributed by atoms with Gasteiger partial charge in [-0.05, 0) is 38.7 Å². The number of pyridine rings is 1. The number of amides is 1. The Morgan fingerprint density at radius 3 is 2.74 bits per heavy atom. The number of rotatable bonds is 6. The highest BCUT2D eigenvalue weighted by Crippen LogP contribution is 2.22. The maximum Gasteiger partial charge on any atom is 0.337 e. The second kappa shape index (κ2) is 7.41. The molecule has 1 aromatic rings. The number of carboxylic acids is 1. The summed E-state index contributed by atoms with van der Waals surface area (Å²) in [4.78, 5) is 27.0. The van der Waals surface area contributed by atoms with Gasteiger partial charge in [-0.3, -0.25) is 4.79 Å². The minimum atomic E-state index is -2.01. The monoisotopic (exact) mass is 322 g/mol. The van der Waals surface area contributed by atoms with Crippen LogP contribution in [0.5, 0.6) is 5.88 Å². The summed E-state index contributed by atoms with van der Waals surface area (Å²) in [6.45, 7) is 0.738. The fourth-order valence-electron chi connectivity index (χ4n) is 2.40. The first-order valence-corrected chi connectivity index (χ1v) is 7.75. The van der Waals surface area contributed by atoms with E-state index >= 15 is 0 Å². The maximum absolute atomic E-state index is 12.1. The van der Waals surface area contributed by atoms with E-state index < -0.39 is 17.5 Å². The zero-order valence-electron chi connectivity index (χ0n) is 13.1. The van der Waals surface area contributed by atoms with Crippen molar-refractivity contribution >= 4 is 11.9 Å². The maximum atomic E-state index is 12.1. The fraction of sp³-hybridized carbons (Fsp3) is 0.562. The lowest BCUT2D eigenvalue weighted by Crippen LogP contribution is -2.46. The normalized spacial score (nSPS) is 18.0. The molecule has 3 N–H and O–H groups in total. The summed E-state index contributed by atoms with van der Waals surface area (Å²) in [5, 5.41) is 20.8. The Labute approximate surface area is 134 Å².